The Morgan fingerprint density at radius 1 is 1.21 bits per heavy atom. The average molecular weight is 254 g/mol. The Balaban J connectivity index is 2.92. The normalized spacial score (nSPS) is 13.7. The topological polar surface area (TPSA) is 37.3 Å². The molecule has 0 saturated heterocycles. The van der Waals surface area contributed by atoms with E-state index in [1.54, 1.807) is 12.1 Å². The second-order valence-corrected chi connectivity index (χ2v) is 5.10. The van der Waals surface area contributed by atoms with Crippen LogP contribution in [0.2, 0.25) is 0 Å². The summed E-state index contributed by atoms with van der Waals surface area (Å²) in [6.07, 6.45) is -0.501. The van der Waals surface area contributed by atoms with Crippen LogP contribution in [0.4, 0.5) is 0 Å². The molecule has 0 fully saturated rings. The van der Waals surface area contributed by atoms with Crippen molar-refractivity contribution in [3.05, 3.63) is 35.4 Å². The molecule has 0 heterocycles. The lowest BCUT2D eigenvalue weighted by atomic mass is 10.1. The van der Waals surface area contributed by atoms with E-state index in [9.17, 15) is 9.90 Å². The van der Waals surface area contributed by atoms with Crippen molar-refractivity contribution in [2.24, 2.45) is 0 Å². The maximum absolute atomic E-state index is 10.3. The van der Waals surface area contributed by atoms with Gasteiger partial charge in [0.1, 0.15) is 12.4 Å². The number of rotatable bonds is 2. The molecule has 0 saturated carbocycles. The number of benzene rings is 1. The highest BCUT2D eigenvalue weighted by Gasteiger charge is 2.31. The molecule has 76 valence electrons. The van der Waals surface area contributed by atoms with Gasteiger partial charge in [0.15, 0.2) is 0 Å². The molecule has 1 N–H and O–H groups in total. The first kappa shape index (κ1) is 11.8. The lowest BCUT2D eigenvalue weighted by molar-refractivity contribution is 0.112. The van der Waals surface area contributed by atoms with Gasteiger partial charge in [0.05, 0.1) is 0 Å². The summed E-state index contributed by atoms with van der Waals surface area (Å²) in [6, 6.07) is 6.16. The molecule has 0 spiro atoms. The third-order valence-electron chi connectivity index (χ3n) is 1.70. The van der Waals surface area contributed by atoms with Crippen molar-refractivity contribution in [2.75, 3.05) is 0 Å². The number of carbonyl (C=O) groups is 1. The average Bonchev–Trinajstić information content (AvgIpc) is 2.15. The molecule has 0 aliphatic carbocycles. The maximum atomic E-state index is 10.3. The van der Waals surface area contributed by atoms with Crippen molar-refractivity contribution in [3.8, 4) is 0 Å². The van der Waals surface area contributed by atoms with Crippen LogP contribution in [0.5, 0.6) is 0 Å². The monoisotopic (exact) mass is 252 g/mol. The van der Waals surface area contributed by atoms with Crippen LogP contribution in [0.15, 0.2) is 24.3 Å². The molecular weight excluding hydrogens is 246 g/mol. The number of aliphatic hydroxyl groups excluding tert-OH is 1. The minimum atomic E-state index is -1.76. The summed E-state index contributed by atoms with van der Waals surface area (Å²) in [5, 5.41) is 9.54. The first-order chi connectivity index (χ1) is 6.45. The van der Waals surface area contributed by atoms with E-state index in [1.165, 1.54) is 12.1 Å². The van der Waals surface area contributed by atoms with Gasteiger partial charge >= 0.3 is 0 Å². The minimum Gasteiger partial charge on any atom is -0.384 e. The van der Waals surface area contributed by atoms with E-state index in [0.717, 1.165) is 0 Å². The van der Waals surface area contributed by atoms with E-state index in [4.69, 9.17) is 34.8 Å². The Kier molecular flexibility index (Phi) is 3.78. The molecule has 2 nitrogen and oxygen atoms in total. The van der Waals surface area contributed by atoms with Crippen molar-refractivity contribution in [1.29, 1.82) is 0 Å². The van der Waals surface area contributed by atoms with Crippen LogP contribution in [-0.2, 0) is 0 Å². The van der Waals surface area contributed by atoms with Gasteiger partial charge in [-0.15, -0.1) is 0 Å². The fraction of sp³-hybridized carbons (Fsp3) is 0.222. The Labute approximate surface area is 96.4 Å². The van der Waals surface area contributed by atoms with E-state index >= 15 is 0 Å². The van der Waals surface area contributed by atoms with E-state index in [1.807, 2.05) is 0 Å². The fourth-order valence-electron chi connectivity index (χ4n) is 0.946. The third-order valence-corrected chi connectivity index (χ3v) is 2.32. The molecule has 0 aliphatic heterocycles. The standard InChI is InChI=1S/C9H7Cl3O2/c10-9(11,12)8(14)7-3-1-6(5-13)2-4-7/h1-5,8,14H. The summed E-state index contributed by atoms with van der Waals surface area (Å²) in [4.78, 5) is 10.3. The second-order valence-electron chi connectivity index (χ2n) is 2.73. The van der Waals surface area contributed by atoms with Gasteiger partial charge in [-0.3, -0.25) is 4.79 Å². The highest BCUT2D eigenvalue weighted by molar-refractivity contribution is 6.68. The largest absolute Gasteiger partial charge is 0.384 e. The number of aldehydes is 1. The number of aliphatic hydroxyl groups is 1. The first-order valence-corrected chi connectivity index (χ1v) is 4.88. The Morgan fingerprint density at radius 3 is 2.07 bits per heavy atom. The van der Waals surface area contributed by atoms with Gasteiger partial charge in [-0.2, -0.15) is 0 Å². The van der Waals surface area contributed by atoms with Crippen molar-refractivity contribution in [1.82, 2.24) is 0 Å². The lowest BCUT2D eigenvalue weighted by Crippen LogP contribution is -2.16. The zero-order valence-electron chi connectivity index (χ0n) is 6.95. The highest BCUT2D eigenvalue weighted by atomic mass is 35.6. The molecule has 5 heteroatoms. The zero-order valence-corrected chi connectivity index (χ0v) is 9.22. The molecule has 1 aromatic carbocycles. The van der Waals surface area contributed by atoms with Crippen molar-refractivity contribution in [2.45, 2.75) is 9.90 Å². The molecule has 1 rings (SSSR count). The molecule has 1 unspecified atom stereocenters. The van der Waals surface area contributed by atoms with Gasteiger partial charge in [-0.25, -0.2) is 0 Å². The Morgan fingerprint density at radius 2 is 1.71 bits per heavy atom. The van der Waals surface area contributed by atoms with Gasteiger partial charge in [-0.05, 0) is 5.56 Å². The van der Waals surface area contributed by atoms with E-state index in [-0.39, 0.29) is 0 Å². The second kappa shape index (κ2) is 4.49. The van der Waals surface area contributed by atoms with Crippen LogP contribution >= 0.6 is 34.8 Å². The van der Waals surface area contributed by atoms with Crippen LogP contribution in [0.3, 0.4) is 0 Å². The number of halogens is 3. The molecule has 14 heavy (non-hydrogen) atoms. The van der Waals surface area contributed by atoms with Gasteiger partial charge in [-0.1, -0.05) is 59.1 Å². The highest BCUT2D eigenvalue weighted by Crippen LogP contribution is 2.39. The minimum absolute atomic E-state index is 0.454. The van der Waals surface area contributed by atoms with Gasteiger partial charge in [0, 0.05) is 5.56 Å². The zero-order chi connectivity index (χ0) is 10.8. The number of alkyl halides is 3. The summed E-state index contributed by atoms with van der Waals surface area (Å²) in [5.41, 5.74) is 0.959. The van der Waals surface area contributed by atoms with Gasteiger partial charge < -0.3 is 5.11 Å². The van der Waals surface area contributed by atoms with Crippen molar-refractivity contribution in [3.63, 3.8) is 0 Å². The van der Waals surface area contributed by atoms with Crippen LogP contribution < -0.4 is 0 Å². The molecular formula is C9H7Cl3O2. The maximum Gasteiger partial charge on any atom is 0.220 e. The SMILES string of the molecule is O=Cc1ccc(C(O)C(Cl)(Cl)Cl)cc1. The number of carbonyl (C=O) groups excluding carboxylic acids is 1. The van der Waals surface area contributed by atoms with Crippen LogP contribution in [0.25, 0.3) is 0 Å². The first-order valence-electron chi connectivity index (χ1n) is 3.75. The summed E-state index contributed by atoms with van der Waals surface area (Å²) in [5.74, 6) is 0. The van der Waals surface area contributed by atoms with Crippen molar-refractivity contribution >= 4 is 41.1 Å². The molecule has 1 aromatic rings. The Bertz CT molecular complexity index is 316. The van der Waals surface area contributed by atoms with Gasteiger partial charge in [0.2, 0.25) is 3.79 Å². The molecule has 0 amide bonds. The van der Waals surface area contributed by atoms with Crippen LogP contribution in [-0.4, -0.2) is 15.2 Å². The summed E-state index contributed by atoms with van der Waals surface area (Å²) >= 11 is 16.5. The molecule has 0 aliphatic rings. The van der Waals surface area contributed by atoms with Crippen LogP contribution in [0.1, 0.15) is 22.0 Å². The smallest absolute Gasteiger partial charge is 0.220 e. The predicted octanol–water partition coefficient (Wildman–Crippen LogP) is 2.90. The van der Waals surface area contributed by atoms with E-state index in [0.29, 0.717) is 17.4 Å². The van der Waals surface area contributed by atoms with Gasteiger partial charge in [0.25, 0.3) is 0 Å². The quantitative estimate of drug-likeness (QED) is 0.650. The number of hydrogen-bond donors (Lipinski definition) is 1. The molecule has 0 radical (unpaired) electrons. The fourth-order valence-corrected chi connectivity index (χ4v) is 1.32. The third kappa shape index (κ3) is 2.85. The van der Waals surface area contributed by atoms with Crippen LogP contribution in [0, 0.1) is 0 Å². The van der Waals surface area contributed by atoms with E-state index in [2.05, 4.69) is 0 Å². The summed E-state index contributed by atoms with van der Waals surface area (Å²) in [6.45, 7) is 0. The predicted molar refractivity (Wildman–Crippen MR) is 57.1 cm³/mol. The Hall–Kier alpha value is -0.280. The van der Waals surface area contributed by atoms with Crippen molar-refractivity contribution < 1.29 is 9.90 Å². The lowest BCUT2D eigenvalue weighted by Gasteiger charge is -2.18. The summed E-state index contributed by atoms with van der Waals surface area (Å²) < 4.78 is -1.76. The molecule has 1 atom stereocenters. The number of hydrogen-bond acceptors (Lipinski definition) is 2. The molecule has 0 bridgehead atoms. The van der Waals surface area contributed by atoms with E-state index < -0.39 is 9.90 Å². The summed E-state index contributed by atoms with van der Waals surface area (Å²) in [7, 11) is 0. The molecule has 0 aromatic heterocycles.